The van der Waals surface area contributed by atoms with Crippen LogP contribution in [0.3, 0.4) is 0 Å². The molecular formula is C22H23N3O3. The van der Waals surface area contributed by atoms with Gasteiger partial charge in [-0.05, 0) is 24.6 Å². The van der Waals surface area contributed by atoms with Gasteiger partial charge in [0.05, 0.1) is 6.20 Å². The molecule has 28 heavy (non-hydrogen) atoms. The maximum atomic E-state index is 12.1. The molecule has 0 aliphatic heterocycles. The molecule has 2 N–H and O–H groups in total. The summed E-state index contributed by atoms with van der Waals surface area (Å²) in [5.74, 6) is 1.02. The molecule has 1 heterocycles. The van der Waals surface area contributed by atoms with Gasteiger partial charge in [0.15, 0.2) is 11.7 Å². The lowest BCUT2D eigenvalue weighted by molar-refractivity contribution is -0.121. The van der Waals surface area contributed by atoms with Crippen molar-refractivity contribution in [3.05, 3.63) is 77.8 Å². The highest BCUT2D eigenvalue weighted by atomic mass is 16.4. The fourth-order valence-electron chi connectivity index (χ4n) is 2.76. The zero-order valence-corrected chi connectivity index (χ0v) is 15.8. The molecule has 1 aromatic heterocycles. The van der Waals surface area contributed by atoms with Crippen LogP contribution in [0, 0.1) is 0 Å². The predicted octanol–water partition coefficient (Wildman–Crippen LogP) is 3.34. The van der Waals surface area contributed by atoms with E-state index in [1.54, 1.807) is 18.3 Å². The normalized spacial score (nSPS) is 10.5. The summed E-state index contributed by atoms with van der Waals surface area (Å²) in [7, 11) is 0. The summed E-state index contributed by atoms with van der Waals surface area (Å²) in [6.07, 6.45) is 2.39. The van der Waals surface area contributed by atoms with Crippen LogP contribution >= 0.6 is 0 Å². The maximum absolute atomic E-state index is 12.1. The van der Waals surface area contributed by atoms with Crippen LogP contribution in [0.1, 0.15) is 35.2 Å². The molecule has 6 heteroatoms. The Bertz CT molecular complexity index is 935. The summed E-state index contributed by atoms with van der Waals surface area (Å²) < 4.78 is 5.71. The summed E-state index contributed by atoms with van der Waals surface area (Å²) in [6, 6.07) is 16.9. The van der Waals surface area contributed by atoms with Crippen molar-refractivity contribution in [3.8, 4) is 11.3 Å². The Morgan fingerprint density at radius 2 is 1.86 bits per heavy atom. The van der Waals surface area contributed by atoms with E-state index in [0.29, 0.717) is 36.7 Å². The second-order valence-corrected chi connectivity index (χ2v) is 6.32. The third-order valence-electron chi connectivity index (χ3n) is 4.19. The van der Waals surface area contributed by atoms with Crippen LogP contribution in [0.5, 0.6) is 0 Å². The van der Waals surface area contributed by atoms with Gasteiger partial charge in [-0.15, -0.1) is 0 Å². The highest BCUT2D eigenvalue weighted by Crippen LogP contribution is 2.20. The van der Waals surface area contributed by atoms with Gasteiger partial charge >= 0.3 is 0 Å². The number of nitrogens with one attached hydrogen (secondary N) is 2. The smallest absolute Gasteiger partial charge is 0.251 e. The van der Waals surface area contributed by atoms with E-state index in [9.17, 15) is 9.59 Å². The van der Waals surface area contributed by atoms with Crippen LogP contribution in [0.15, 0.2) is 65.2 Å². The number of carbonyl (C=O) groups excluding carboxylic acids is 2. The van der Waals surface area contributed by atoms with E-state index in [-0.39, 0.29) is 18.2 Å². The Hall–Kier alpha value is -3.41. The summed E-state index contributed by atoms with van der Waals surface area (Å²) in [4.78, 5) is 28.3. The first-order valence-corrected chi connectivity index (χ1v) is 9.29. The van der Waals surface area contributed by atoms with Crippen molar-refractivity contribution in [1.29, 1.82) is 0 Å². The summed E-state index contributed by atoms with van der Waals surface area (Å²) >= 11 is 0. The van der Waals surface area contributed by atoms with Crippen molar-refractivity contribution >= 4 is 11.8 Å². The van der Waals surface area contributed by atoms with E-state index in [1.807, 2.05) is 49.4 Å². The van der Waals surface area contributed by atoms with Gasteiger partial charge in [0.2, 0.25) is 5.91 Å². The van der Waals surface area contributed by atoms with Crippen LogP contribution in [0.4, 0.5) is 0 Å². The lowest BCUT2D eigenvalue weighted by atomic mass is 10.1. The van der Waals surface area contributed by atoms with E-state index in [0.717, 1.165) is 11.1 Å². The van der Waals surface area contributed by atoms with Gasteiger partial charge in [-0.2, -0.15) is 0 Å². The van der Waals surface area contributed by atoms with Gasteiger partial charge in [0.25, 0.3) is 5.91 Å². The molecule has 0 saturated carbocycles. The van der Waals surface area contributed by atoms with Crippen LogP contribution in [-0.2, 0) is 17.8 Å². The van der Waals surface area contributed by atoms with Crippen LogP contribution in [0.2, 0.25) is 0 Å². The molecule has 144 valence electrons. The average Bonchev–Trinajstić information content (AvgIpc) is 3.21. The number of hydrogen-bond acceptors (Lipinski definition) is 4. The van der Waals surface area contributed by atoms with Gasteiger partial charge in [-0.1, -0.05) is 42.5 Å². The molecule has 0 aliphatic rings. The van der Waals surface area contributed by atoms with Crippen molar-refractivity contribution in [3.63, 3.8) is 0 Å². The van der Waals surface area contributed by atoms with Crippen LogP contribution in [-0.4, -0.2) is 23.3 Å². The number of aromatic nitrogens is 1. The molecule has 3 rings (SSSR count). The van der Waals surface area contributed by atoms with E-state index in [4.69, 9.17) is 4.42 Å². The SMILES string of the molecule is CCNC(=O)c1cccc(CNC(=O)CCc2ncc(-c3ccccc3)o2)c1. The average molecular weight is 377 g/mol. The first kappa shape index (κ1) is 19.4. The number of oxazole rings is 1. The Morgan fingerprint density at radius 3 is 2.64 bits per heavy atom. The van der Waals surface area contributed by atoms with Crippen molar-refractivity contribution in [2.45, 2.75) is 26.3 Å². The minimum atomic E-state index is -0.117. The second kappa shape index (κ2) is 9.50. The largest absolute Gasteiger partial charge is 0.441 e. The van der Waals surface area contributed by atoms with E-state index >= 15 is 0 Å². The molecule has 0 bridgehead atoms. The molecule has 0 saturated heterocycles. The van der Waals surface area contributed by atoms with Crippen molar-refractivity contribution < 1.29 is 14.0 Å². The zero-order valence-electron chi connectivity index (χ0n) is 15.8. The first-order chi connectivity index (χ1) is 13.7. The predicted molar refractivity (Wildman–Crippen MR) is 107 cm³/mol. The topological polar surface area (TPSA) is 84.2 Å². The fraction of sp³-hybridized carbons (Fsp3) is 0.227. The van der Waals surface area contributed by atoms with Gasteiger partial charge in [-0.3, -0.25) is 9.59 Å². The highest BCUT2D eigenvalue weighted by molar-refractivity contribution is 5.94. The Balaban J connectivity index is 1.48. The van der Waals surface area contributed by atoms with E-state index < -0.39 is 0 Å². The first-order valence-electron chi connectivity index (χ1n) is 9.29. The summed E-state index contributed by atoms with van der Waals surface area (Å²) in [5, 5.41) is 5.63. The molecule has 0 radical (unpaired) electrons. The standard InChI is InChI=1S/C22H23N3O3/c1-2-23-22(27)18-10-6-7-16(13-18)14-24-20(26)11-12-21-25-15-19(28-21)17-8-4-3-5-9-17/h3-10,13,15H,2,11-12,14H2,1H3,(H,23,27)(H,24,26). The van der Waals surface area contributed by atoms with Crippen molar-refractivity contribution in [2.24, 2.45) is 0 Å². The summed E-state index contributed by atoms with van der Waals surface area (Å²) in [5.41, 5.74) is 2.42. The van der Waals surface area contributed by atoms with Gasteiger partial charge in [-0.25, -0.2) is 4.98 Å². The Morgan fingerprint density at radius 1 is 1.04 bits per heavy atom. The molecule has 0 atom stereocenters. The Labute approximate surface area is 164 Å². The molecule has 0 fully saturated rings. The van der Waals surface area contributed by atoms with Crippen molar-refractivity contribution in [1.82, 2.24) is 15.6 Å². The highest BCUT2D eigenvalue weighted by Gasteiger charge is 2.09. The zero-order chi connectivity index (χ0) is 19.8. The molecule has 0 spiro atoms. The van der Waals surface area contributed by atoms with Crippen LogP contribution in [0.25, 0.3) is 11.3 Å². The number of carbonyl (C=O) groups is 2. The van der Waals surface area contributed by atoms with Gasteiger partial charge < -0.3 is 15.1 Å². The van der Waals surface area contributed by atoms with E-state index in [2.05, 4.69) is 15.6 Å². The number of amides is 2. The molecule has 0 unspecified atom stereocenters. The Kier molecular flexibility index (Phi) is 6.57. The lowest BCUT2D eigenvalue weighted by Gasteiger charge is -2.07. The molecule has 2 amide bonds. The monoisotopic (exact) mass is 377 g/mol. The molecule has 6 nitrogen and oxygen atoms in total. The van der Waals surface area contributed by atoms with Gasteiger partial charge in [0.1, 0.15) is 0 Å². The number of rotatable bonds is 8. The summed E-state index contributed by atoms with van der Waals surface area (Å²) in [6.45, 7) is 2.82. The molecule has 0 aliphatic carbocycles. The molecular weight excluding hydrogens is 354 g/mol. The van der Waals surface area contributed by atoms with E-state index in [1.165, 1.54) is 0 Å². The number of aryl methyl sites for hydroxylation is 1. The molecule has 2 aromatic carbocycles. The van der Waals surface area contributed by atoms with Crippen LogP contribution < -0.4 is 10.6 Å². The number of benzene rings is 2. The maximum Gasteiger partial charge on any atom is 0.251 e. The lowest BCUT2D eigenvalue weighted by Crippen LogP contribution is -2.24. The quantitative estimate of drug-likeness (QED) is 0.631. The minimum absolute atomic E-state index is 0.0946. The number of nitrogens with zero attached hydrogens (tertiary/aromatic N) is 1. The number of hydrogen-bond donors (Lipinski definition) is 2. The third-order valence-corrected chi connectivity index (χ3v) is 4.19. The van der Waals surface area contributed by atoms with Gasteiger partial charge in [0, 0.05) is 37.1 Å². The second-order valence-electron chi connectivity index (χ2n) is 6.32. The fourth-order valence-corrected chi connectivity index (χ4v) is 2.76. The molecule has 3 aromatic rings. The third kappa shape index (κ3) is 5.30. The minimum Gasteiger partial charge on any atom is -0.441 e. The van der Waals surface area contributed by atoms with Crippen molar-refractivity contribution in [2.75, 3.05) is 6.54 Å².